The van der Waals surface area contributed by atoms with E-state index in [1.54, 1.807) is 14.2 Å². The van der Waals surface area contributed by atoms with Crippen LogP contribution in [0.1, 0.15) is 49.8 Å². The molecule has 1 aliphatic heterocycles. The molecule has 0 bridgehead atoms. The number of benzene rings is 2. The molecule has 1 unspecified atom stereocenters. The molecule has 1 atom stereocenters. The molecule has 0 amide bonds. The van der Waals surface area contributed by atoms with Crippen molar-refractivity contribution < 1.29 is 9.47 Å². The van der Waals surface area contributed by atoms with Crippen molar-refractivity contribution in [3.63, 3.8) is 0 Å². The summed E-state index contributed by atoms with van der Waals surface area (Å²) in [6.45, 7) is 6.42. The van der Waals surface area contributed by atoms with Crippen LogP contribution in [0.2, 0.25) is 5.02 Å². The SMILES string of the molecule is CC/C=C(/NC1=C(C)CCN(C2CCc3c(OC)ccc(OC)c3C2)C1)c1ccccc1Cl. The first-order valence-electron chi connectivity index (χ1n) is 11.9. The average Bonchev–Trinajstić information content (AvgIpc) is 2.84. The number of hydrogen-bond acceptors (Lipinski definition) is 4. The summed E-state index contributed by atoms with van der Waals surface area (Å²) >= 11 is 6.53. The lowest BCUT2D eigenvalue weighted by Crippen LogP contribution is -2.45. The van der Waals surface area contributed by atoms with E-state index in [4.69, 9.17) is 21.1 Å². The van der Waals surface area contributed by atoms with Crippen molar-refractivity contribution >= 4 is 17.3 Å². The molecule has 1 aliphatic carbocycles. The second-order valence-corrected chi connectivity index (χ2v) is 9.34. The van der Waals surface area contributed by atoms with Crippen LogP contribution in [0, 0.1) is 0 Å². The van der Waals surface area contributed by atoms with Gasteiger partial charge in [-0.2, -0.15) is 0 Å². The van der Waals surface area contributed by atoms with Crippen molar-refractivity contribution in [3.8, 4) is 11.5 Å². The molecule has 4 rings (SSSR count). The van der Waals surface area contributed by atoms with Gasteiger partial charge in [0.25, 0.3) is 0 Å². The van der Waals surface area contributed by atoms with Gasteiger partial charge >= 0.3 is 0 Å². The first-order valence-corrected chi connectivity index (χ1v) is 12.3. The van der Waals surface area contributed by atoms with E-state index in [2.05, 4.69) is 36.2 Å². The summed E-state index contributed by atoms with van der Waals surface area (Å²) in [4.78, 5) is 2.63. The van der Waals surface area contributed by atoms with Crippen LogP contribution in [0.25, 0.3) is 5.70 Å². The summed E-state index contributed by atoms with van der Waals surface area (Å²) in [7, 11) is 3.52. The van der Waals surface area contributed by atoms with Gasteiger partial charge in [-0.3, -0.25) is 4.90 Å². The molecule has 1 N–H and O–H groups in total. The molecule has 0 radical (unpaired) electrons. The molecule has 0 saturated heterocycles. The quantitative estimate of drug-likeness (QED) is 0.524. The van der Waals surface area contributed by atoms with Crippen LogP contribution in [0.3, 0.4) is 0 Å². The third-order valence-electron chi connectivity index (χ3n) is 6.98. The Morgan fingerprint density at radius 2 is 1.82 bits per heavy atom. The molecule has 0 spiro atoms. The summed E-state index contributed by atoms with van der Waals surface area (Å²) in [6.07, 6.45) is 7.39. The van der Waals surface area contributed by atoms with Crippen LogP contribution in [-0.2, 0) is 12.8 Å². The van der Waals surface area contributed by atoms with Gasteiger partial charge < -0.3 is 14.8 Å². The van der Waals surface area contributed by atoms with Crippen LogP contribution in [0.5, 0.6) is 11.5 Å². The van der Waals surface area contributed by atoms with Crippen molar-refractivity contribution in [1.29, 1.82) is 0 Å². The topological polar surface area (TPSA) is 33.7 Å². The number of fused-ring (bicyclic) bond motifs is 1. The summed E-state index contributed by atoms with van der Waals surface area (Å²) in [5.74, 6) is 1.96. The summed E-state index contributed by atoms with van der Waals surface area (Å²) in [6, 6.07) is 12.6. The summed E-state index contributed by atoms with van der Waals surface area (Å²) in [5.41, 5.74) is 7.49. The highest BCUT2D eigenvalue weighted by Gasteiger charge is 2.30. The third kappa shape index (κ3) is 5.07. The van der Waals surface area contributed by atoms with Gasteiger partial charge in [0.1, 0.15) is 11.5 Å². The van der Waals surface area contributed by atoms with Crippen molar-refractivity contribution in [2.24, 2.45) is 0 Å². The van der Waals surface area contributed by atoms with Crippen LogP contribution in [0.4, 0.5) is 0 Å². The molecule has 0 fully saturated rings. The Morgan fingerprint density at radius 3 is 2.52 bits per heavy atom. The Morgan fingerprint density at radius 1 is 1.09 bits per heavy atom. The molecule has 0 aromatic heterocycles. The van der Waals surface area contributed by atoms with E-state index in [0.717, 1.165) is 73.0 Å². The van der Waals surface area contributed by atoms with Gasteiger partial charge in [0, 0.05) is 52.2 Å². The number of nitrogens with zero attached hydrogens (tertiary/aromatic N) is 1. The fourth-order valence-corrected chi connectivity index (χ4v) is 5.34. The predicted octanol–water partition coefficient (Wildman–Crippen LogP) is 6.23. The van der Waals surface area contributed by atoms with Crippen molar-refractivity contribution in [2.75, 3.05) is 27.3 Å². The van der Waals surface area contributed by atoms with Gasteiger partial charge in [-0.1, -0.05) is 48.4 Å². The Bertz CT molecular complexity index is 1060. The third-order valence-corrected chi connectivity index (χ3v) is 7.31. The Labute approximate surface area is 203 Å². The van der Waals surface area contributed by atoms with Crippen molar-refractivity contribution in [3.05, 3.63) is 75.5 Å². The molecular weight excluding hydrogens is 432 g/mol. The molecule has 0 saturated carbocycles. The second-order valence-electron chi connectivity index (χ2n) is 8.93. The monoisotopic (exact) mass is 466 g/mol. The lowest BCUT2D eigenvalue weighted by atomic mass is 9.85. The molecule has 2 aliphatic rings. The van der Waals surface area contributed by atoms with E-state index in [1.807, 2.05) is 30.3 Å². The van der Waals surface area contributed by atoms with Crippen molar-refractivity contribution in [2.45, 2.75) is 52.0 Å². The molecule has 2 aromatic rings. The van der Waals surface area contributed by atoms with E-state index in [9.17, 15) is 0 Å². The minimum Gasteiger partial charge on any atom is -0.496 e. The van der Waals surface area contributed by atoms with Crippen LogP contribution >= 0.6 is 11.6 Å². The molecule has 33 heavy (non-hydrogen) atoms. The number of nitrogens with one attached hydrogen (secondary N) is 1. The number of halogens is 1. The van der Waals surface area contributed by atoms with Gasteiger partial charge in [0.2, 0.25) is 0 Å². The van der Waals surface area contributed by atoms with Gasteiger partial charge in [-0.05, 0) is 57.2 Å². The Kier molecular flexibility index (Phi) is 7.67. The minimum atomic E-state index is 0.488. The smallest absolute Gasteiger partial charge is 0.122 e. The van der Waals surface area contributed by atoms with Crippen LogP contribution in [0.15, 0.2) is 53.7 Å². The normalized spacial score (nSPS) is 19.3. The van der Waals surface area contributed by atoms with E-state index in [-0.39, 0.29) is 0 Å². The highest BCUT2D eigenvalue weighted by molar-refractivity contribution is 6.32. The fourth-order valence-electron chi connectivity index (χ4n) is 5.10. The van der Waals surface area contributed by atoms with Crippen molar-refractivity contribution in [1.82, 2.24) is 10.2 Å². The first-order chi connectivity index (χ1) is 16.0. The number of allylic oxidation sites excluding steroid dienone is 1. The maximum Gasteiger partial charge on any atom is 0.122 e. The van der Waals surface area contributed by atoms with Gasteiger partial charge in [-0.25, -0.2) is 0 Å². The molecule has 4 nitrogen and oxygen atoms in total. The highest BCUT2D eigenvalue weighted by atomic mass is 35.5. The van der Waals surface area contributed by atoms with Gasteiger partial charge in [0.15, 0.2) is 0 Å². The summed E-state index contributed by atoms with van der Waals surface area (Å²) in [5, 5.41) is 4.54. The number of rotatable bonds is 7. The van der Waals surface area contributed by atoms with Gasteiger partial charge in [0.05, 0.1) is 14.2 Å². The molecule has 5 heteroatoms. The maximum absolute atomic E-state index is 6.53. The van der Waals surface area contributed by atoms with E-state index < -0.39 is 0 Å². The first kappa shape index (κ1) is 23.7. The maximum atomic E-state index is 6.53. The molecule has 2 aromatic carbocycles. The average molecular weight is 467 g/mol. The highest BCUT2D eigenvalue weighted by Crippen LogP contribution is 2.38. The molecule has 1 heterocycles. The Hall–Kier alpha value is -2.43. The fraction of sp³-hybridized carbons (Fsp3) is 0.429. The zero-order valence-electron chi connectivity index (χ0n) is 20.2. The van der Waals surface area contributed by atoms with E-state index >= 15 is 0 Å². The van der Waals surface area contributed by atoms with Gasteiger partial charge in [-0.15, -0.1) is 0 Å². The zero-order chi connectivity index (χ0) is 23.4. The standard InChI is InChI=1S/C28H35ClN2O2/c1-5-8-25(22-9-6-7-10-24(22)29)30-26-18-31(16-15-19(26)2)20-11-12-21-23(17-20)28(33-4)14-13-27(21)32-3/h6-10,13-14,20,30H,5,11-12,15-18H2,1-4H3/b25-8+. The number of hydrogen-bond donors (Lipinski definition) is 1. The lowest BCUT2D eigenvalue weighted by Gasteiger charge is -2.39. The predicted molar refractivity (Wildman–Crippen MR) is 137 cm³/mol. The van der Waals surface area contributed by atoms with Crippen LogP contribution in [-0.4, -0.2) is 38.3 Å². The van der Waals surface area contributed by atoms with Crippen LogP contribution < -0.4 is 14.8 Å². The second kappa shape index (κ2) is 10.7. The Balaban J connectivity index is 1.54. The largest absolute Gasteiger partial charge is 0.496 e. The zero-order valence-corrected chi connectivity index (χ0v) is 21.0. The molecular formula is C28H35ClN2O2. The number of ether oxygens (including phenoxy) is 2. The lowest BCUT2D eigenvalue weighted by molar-refractivity contribution is 0.183. The summed E-state index contributed by atoms with van der Waals surface area (Å²) < 4.78 is 11.3. The van der Waals surface area contributed by atoms with E-state index in [0.29, 0.717) is 6.04 Å². The minimum absolute atomic E-state index is 0.488. The number of methoxy groups -OCH3 is 2. The molecule has 176 valence electrons. The van der Waals surface area contributed by atoms with E-state index in [1.165, 1.54) is 22.4 Å².